The zero-order valence-corrected chi connectivity index (χ0v) is 15.4. The van der Waals surface area contributed by atoms with Crippen molar-refractivity contribution in [2.75, 3.05) is 31.6 Å². The van der Waals surface area contributed by atoms with Gasteiger partial charge in [-0.05, 0) is 25.7 Å². The van der Waals surface area contributed by atoms with Crippen molar-refractivity contribution in [2.45, 2.75) is 37.6 Å². The first-order valence-electron chi connectivity index (χ1n) is 9.41. The SMILES string of the molecule is Cn1nc(C2CCCOC2)cc1NC(=O)N1CCC(n2cn[nH]c2=O)CC1. The number of carbonyl (C=O) groups excluding carboxylic acids is 1. The van der Waals surface area contributed by atoms with E-state index in [2.05, 4.69) is 20.6 Å². The van der Waals surface area contributed by atoms with Crippen LogP contribution in [0.1, 0.15) is 43.3 Å². The van der Waals surface area contributed by atoms with E-state index in [1.807, 2.05) is 13.1 Å². The molecule has 4 heterocycles. The van der Waals surface area contributed by atoms with Crippen LogP contribution in [0.3, 0.4) is 0 Å². The van der Waals surface area contributed by atoms with Gasteiger partial charge in [0.25, 0.3) is 0 Å². The lowest BCUT2D eigenvalue weighted by molar-refractivity contribution is 0.0791. The molecule has 2 N–H and O–H groups in total. The minimum absolute atomic E-state index is 0.0786. The van der Waals surface area contributed by atoms with Gasteiger partial charge in [0.05, 0.1) is 12.3 Å². The molecule has 146 valence electrons. The number of hydrogen-bond donors (Lipinski definition) is 2. The van der Waals surface area contributed by atoms with Crippen LogP contribution in [0.25, 0.3) is 0 Å². The number of aromatic nitrogens is 5. The summed E-state index contributed by atoms with van der Waals surface area (Å²) in [4.78, 5) is 26.1. The number of aromatic amines is 1. The number of likely N-dealkylation sites (tertiary alicyclic amines) is 1. The molecule has 2 aromatic rings. The van der Waals surface area contributed by atoms with Crippen molar-refractivity contribution in [2.24, 2.45) is 7.05 Å². The average Bonchev–Trinajstić information content (AvgIpc) is 3.28. The van der Waals surface area contributed by atoms with Gasteiger partial charge in [0.2, 0.25) is 0 Å². The molecule has 0 bridgehead atoms. The van der Waals surface area contributed by atoms with Crippen molar-refractivity contribution in [3.8, 4) is 0 Å². The smallest absolute Gasteiger partial charge is 0.343 e. The Balaban J connectivity index is 1.35. The Morgan fingerprint density at radius 1 is 1.33 bits per heavy atom. The normalized spacial score (nSPS) is 21.4. The lowest BCUT2D eigenvalue weighted by Crippen LogP contribution is -2.42. The first-order chi connectivity index (χ1) is 13.1. The Bertz CT molecular complexity index is 841. The number of H-pyrrole nitrogens is 1. The summed E-state index contributed by atoms with van der Waals surface area (Å²) in [6.07, 6.45) is 5.07. The maximum atomic E-state index is 12.6. The fraction of sp³-hybridized carbons (Fsp3) is 0.647. The van der Waals surface area contributed by atoms with Gasteiger partial charge in [-0.2, -0.15) is 10.2 Å². The van der Waals surface area contributed by atoms with Crippen LogP contribution in [0.4, 0.5) is 10.6 Å². The summed E-state index contributed by atoms with van der Waals surface area (Å²) in [5, 5.41) is 13.7. The highest BCUT2D eigenvalue weighted by atomic mass is 16.5. The van der Waals surface area contributed by atoms with E-state index >= 15 is 0 Å². The molecule has 2 aliphatic heterocycles. The van der Waals surface area contributed by atoms with Gasteiger partial charge in [-0.1, -0.05) is 0 Å². The molecule has 27 heavy (non-hydrogen) atoms. The minimum atomic E-state index is -0.202. The van der Waals surface area contributed by atoms with Crippen molar-refractivity contribution < 1.29 is 9.53 Å². The molecule has 0 radical (unpaired) electrons. The number of aryl methyl sites for hydroxylation is 1. The highest BCUT2D eigenvalue weighted by molar-refractivity contribution is 5.88. The maximum Gasteiger partial charge on any atom is 0.343 e. The van der Waals surface area contributed by atoms with Crippen molar-refractivity contribution in [3.05, 3.63) is 28.6 Å². The number of piperidine rings is 1. The first kappa shape index (κ1) is 17.8. The summed E-state index contributed by atoms with van der Waals surface area (Å²) in [7, 11) is 1.83. The second-order valence-electron chi connectivity index (χ2n) is 7.21. The molecular formula is C17H25N7O3. The van der Waals surface area contributed by atoms with Crippen LogP contribution >= 0.6 is 0 Å². The number of nitrogens with one attached hydrogen (secondary N) is 2. The number of anilines is 1. The predicted molar refractivity (Wildman–Crippen MR) is 97.7 cm³/mol. The summed E-state index contributed by atoms with van der Waals surface area (Å²) in [6, 6.07) is 1.88. The average molecular weight is 375 g/mol. The Morgan fingerprint density at radius 3 is 2.81 bits per heavy atom. The van der Waals surface area contributed by atoms with Crippen LogP contribution < -0.4 is 11.0 Å². The zero-order chi connectivity index (χ0) is 18.8. The summed E-state index contributed by atoms with van der Waals surface area (Å²) < 4.78 is 8.85. The topological polar surface area (TPSA) is 110 Å². The first-order valence-corrected chi connectivity index (χ1v) is 9.41. The van der Waals surface area contributed by atoms with E-state index in [1.54, 1.807) is 14.1 Å². The third-order valence-electron chi connectivity index (χ3n) is 5.43. The molecule has 10 nitrogen and oxygen atoms in total. The van der Waals surface area contributed by atoms with E-state index in [0.29, 0.717) is 31.4 Å². The Labute approximate surface area is 156 Å². The number of nitrogens with zero attached hydrogens (tertiary/aromatic N) is 5. The van der Waals surface area contributed by atoms with Gasteiger partial charge in [0.1, 0.15) is 12.1 Å². The summed E-state index contributed by atoms with van der Waals surface area (Å²) in [5.74, 6) is 0.980. The van der Waals surface area contributed by atoms with Gasteiger partial charge in [-0.3, -0.25) is 14.6 Å². The molecular weight excluding hydrogens is 350 g/mol. The molecule has 2 aliphatic rings. The van der Waals surface area contributed by atoms with Gasteiger partial charge in [-0.25, -0.2) is 14.7 Å². The molecule has 0 saturated carbocycles. The molecule has 10 heteroatoms. The lowest BCUT2D eigenvalue weighted by atomic mass is 9.99. The second kappa shape index (κ2) is 7.55. The molecule has 1 atom stereocenters. The maximum absolute atomic E-state index is 12.6. The third-order valence-corrected chi connectivity index (χ3v) is 5.43. The third kappa shape index (κ3) is 3.75. The minimum Gasteiger partial charge on any atom is -0.381 e. The number of ether oxygens (including phenoxy) is 1. The summed E-state index contributed by atoms with van der Waals surface area (Å²) in [5.41, 5.74) is 0.762. The standard InChI is InChI=1S/C17H25N7O3/c1-22-15(9-14(21-22)12-3-2-8-27-10-12)19-16(25)23-6-4-13(5-7-23)24-11-18-20-17(24)26/h9,11-13H,2-8,10H2,1H3,(H,19,25)(H,20,26). The summed E-state index contributed by atoms with van der Waals surface area (Å²) in [6.45, 7) is 2.68. The molecule has 0 aliphatic carbocycles. The van der Waals surface area contributed by atoms with Gasteiger partial charge in [0, 0.05) is 44.8 Å². The fourth-order valence-electron chi connectivity index (χ4n) is 3.83. The van der Waals surface area contributed by atoms with Crippen LogP contribution in [0, 0.1) is 0 Å². The number of carbonyl (C=O) groups is 1. The second-order valence-corrected chi connectivity index (χ2v) is 7.21. The molecule has 2 amide bonds. The van der Waals surface area contributed by atoms with Crippen molar-refractivity contribution in [1.82, 2.24) is 29.4 Å². The number of urea groups is 1. The van der Waals surface area contributed by atoms with Crippen LogP contribution in [0.2, 0.25) is 0 Å². The van der Waals surface area contributed by atoms with Crippen LogP contribution in [-0.2, 0) is 11.8 Å². The predicted octanol–water partition coefficient (Wildman–Crippen LogP) is 1.07. The Morgan fingerprint density at radius 2 is 2.15 bits per heavy atom. The Kier molecular flexibility index (Phi) is 4.97. The van der Waals surface area contributed by atoms with Gasteiger partial charge >= 0.3 is 11.7 Å². The zero-order valence-electron chi connectivity index (χ0n) is 15.4. The molecule has 2 aromatic heterocycles. The highest BCUT2D eigenvalue weighted by Gasteiger charge is 2.26. The number of rotatable bonds is 3. The largest absolute Gasteiger partial charge is 0.381 e. The monoisotopic (exact) mass is 375 g/mol. The highest BCUT2D eigenvalue weighted by Crippen LogP contribution is 2.27. The molecule has 2 fully saturated rings. The molecule has 0 aromatic carbocycles. The fourth-order valence-corrected chi connectivity index (χ4v) is 3.83. The lowest BCUT2D eigenvalue weighted by Gasteiger charge is -2.31. The van der Waals surface area contributed by atoms with Crippen molar-refractivity contribution in [1.29, 1.82) is 0 Å². The van der Waals surface area contributed by atoms with Crippen molar-refractivity contribution >= 4 is 11.8 Å². The van der Waals surface area contributed by atoms with Gasteiger partial charge in [0.15, 0.2) is 0 Å². The van der Waals surface area contributed by atoms with Gasteiger partial charge in [-0.15, -0.1) is 0 Å². The summed E-state index contributed by atoms with van der Waals surface area (Å²) >= 11 is 0. The van der Waals surface area contributed by atoms with Crippen LogP contribution in [0.5, 0.6) is 0 Å². The molecule has 4 rings (SSSR count). The quantitative estimate of drug-likeness (QED) is 0.834. The Hall–Kier alpha value is -2.62. The van der Waals surface area contributed by atoms with E-state index in [9.17, 15) is 9.59 Å². The van der Waals surface area contributed by atoms with Crippen molar-refractivity contribution in [3.63, 3.8) is 0 Å². The van der Waals surface area contributed by atoms with E-state index in [0.717, 1.165) is 38.0 Å². The molecule has 1 unspecified atom stereocenters. The number of hydrogen-bond acceptors (Lipinski definition) is 5. The van der Waals surface area contributed by atoms with Gasteiger partial charge < -0.3 is 9.64 Å². The van der Waals surface area contributed by atoms with Crippen LogP contribution in [0.15, 0.2) is 17.2 Å². The number of amides is 2. The van der Waals surface area contributed by atoms with E-state index < -0.39 is 0 Å². The van der Waals surface area contributed by atoms with E-state index in [1.165, 1.54) is 6.33 Å². The molecule has 0 spiro atoms. The van der Waals surface area contributed by atoms with E-state index in [-0.39, 0.29) is 17.8 Å². The molecule has 2 saturated heterocycles. The van der Waals surface area contributed by atoms with Crippen LogP contribution in [-0.4, -0.2) is 61.8 Å². The van der Waals surface area contributed by atoms with E-state index in [4.69, 9.17) is 4.74 Å².